The first-order chi connectivity index (χ1) is 11.7. The standard InChI is InChI=1S/C20H25NO3S/c1-15-10-12-17(13-11-15)25(23)21-18(16-8-6-5-7-9-16)14-19(22)24-20(2,3)4/h5-13,18,21H,14H2,1-4H3/t18-,25?/m1/s1. The quantitative estimate of drug-likeness (QED) is 0.791. The smallest absolute Gasteiger partial charge is 0.308 e. The summed E-state index contributed by atoms with van der Waals surface area (Å²) in [5.74, 6) is -0.324. The van der Waals surface area contributed by atoms with Crippen LogP contribution >= 0.6 is 0 Å². The van der Waals surface area contributed by atoms with Gasteiger partial charge in [-0.3, -0.25) is 4.79 Å². The lowest BCUT2D eigenvalue weighted by atomic mass is 10.0. The molecule has 5 heteroatoms. The second kappa shape index (κ2) is 8.41. The van der Waals surface area contributed by atoms with Gasteiger partial charge in [-0.1, -0.05) is 48.0 Å². The van der Waals surface area contributed by atoms with Crippen LogP contribution in [-0.4, -0.2) is 15.8 Å². The van der Waals surface area contributed by atoms with Gasteiger partial charge in [-0.05, 0) is 45.4 Å². The van der Waals surface area contributed by atoms with Crippen LogP contribution in [-0.2, 0) is 20.5 Å². The van der Waals surface area contributed by atoms with E-state index in [2.05, 4.69) is 4.72 Å². The van der Waals surface area contributed by atoms with Crippen LogP contribution in [0.3, 0.4) is 0 Å². The Hall–Kier alpha value is -1.98. The first-order valence-electron chi connectivity index (χ1n) is 8.26. The first-order valence-corrected chi connectivity index (χ1v) is 9.41. The van der Waals surface area contributed by atoms with Gasteiger partial charge in [-0.25, -0.2) is 8.93 Å². The second-order valence-corrected chi connectivity index (χ2v) is 8.20. The van der Waals surface area contributed by atoms with Crippen molar-refractivity contribution in [3.63, 3.8) is 0 Å². The van der Waals surface area contributed by atoms with E-state index >= 15 is 0 Å². The second-order valence-electron chi connectivity index (χ2n) is 6.95. The molecule has 0 bridgehead atoms. The number of ether oxygens (including phenoxy) is 1. The Morgan fingerprint density at radius 2 is 1.68 bits per heavy atom. The molecular weight excluding hydrogens is 334 g/mol. The molecule has 0 heterocycles. The Labute approximate surface area is 152 Å². The molecule has 1 N–H and O–H groups in total. The molecule has 1 unspecified atom stereocenters. The Balaban J connectivity index is 2.16. The molecule has 0 aliphatic rings. The van der Waals surface area contributed by atoms with Gasteiger partial charge in [0, 0.05) is 0 Å². The van der Waals surface area contributed by atoms with Crippen LogP contribution in [0.5, 0.6) is 0 Å². The average Bonchev–Trinajstić information content (AvgIpc) is 2.54. The highest BCUT2D eigenvalue weighted by Gasteiger charge is 2.23. The average molecular weight is 359 g/mol. The van der Waals surface area contributed by atoms with Crippen LogP contribution in [0.4, 0.5) is 0 Å². The molecular formula is C20H25NO3S. The minimum Gasteiger partial charge on any atom is -0.460 e. The maximum Gasteiger partial charge on any atom is 0.308 e. The largest absolute Gasteiger partial charge is 0.460 e. The fourth-order valence-corrected chi connectivity index (χ4v) is 3.32. The summed E-state index contributed by atoms with van der Waals surface area (Å²) in [6, 6.07) is 16.6. The van der Waals surface area contributed by atoms with Crippen LogP contribution in [0.25, 0.3) is 0 Å². The van der Waals surface area contributed by atoms with Crippen LogP contribution in [0, 0.1) is 6.92 Å². The molecule has 0 saturated carbocycles. The van der Waals surface area contributed by atoms with E-state index in [1.165, 1.54) is 0 Å². The highest BCUT2D eigenvalue weighted by atomic mass is 32.2. The maximum absolute atomic E-state index is 12.7. The number of hydrogen-bond acceptors (Lipinski definition) is 3. The molecule has 2 aromatic carbocycles. The molecule has 0 aromatic heterocycles. The van der Waals surface area contributed by atoms with E-state index in [-0.39, 0.29) is 12.4 Å². The molecule has 0 fully saturated rings. The van der Waals surface area contributed by atoms with Crippen molar-refractivity contribution < 1.29 is 13.7 Å². The van der Waals surface area contributed by atoms with Crippen LogP contribution in [0.2, 0.25) is 0 Å². The minimum atomic E-state index is -1.42. The van der Waals surface area contributed by atoms with E-state index in [0.29, 0.717) is 4.90 Å². The van der Waals surface area contributed by atoms with Gasteiger partial charge in [0.05, 0.1) is 17.4 Å². The predicted molar refractivity (Wildman–Crippen MR) is 100 cm³/mol. The van der Waals surface area contributed by atoms with Crippen molar-refractivity contribution in [2.75, 3.05) is 0 Å². The molecule has 0 saturated heterocycles. The minimum absolute atomic E-state index is 0.110. The Bertz CT molecular complexity index is 721. The monoisotopic (exact) mass is 359 g/mol. The van der Waals surface area contributed by atoms with E-state index in [1.54, 1.807) is 0 Å². The van der Waals surface area contributed by atoms with Gasteiger partial charge in [-0.2, -0.15) is 0 Å². The van der Waals surface area contributed by atoms with Crippen molar-refractivity contribution in [1.82, 2.24) is 4.72 Å². The van der Waals surface area contributed by atoms with E-state index in [9.17, 15) is 9.00 Å². The number of nitrogens with one attached hydrogen (secondary N) is 1. The molecule has 2 atom stereocenters. The molecule has 0 spiro atoms. The number of carbonyl (C=O) groups is 1. The highest BCUT2D eigenvalue weighted by Crippen LogP contribution is 2.21. The van der Waals surface area contributed by atoms with E-state index < -0.39 is 22.6 Å². The summed E-state index contributed by atoms with van der Waals surface area (Å²) >= 11 is 0. The molecule has 0 aliphatic heterocycles. The Morgan fingerprint density at radius 1 is 1.08 bits per heavy atom. The Morgan fingerprint density at radius 3 is 2.24 bits per heavy atom. The normalized spacial score (nSPS) is 13.9. The van der Waals surface area contributed by atoms with Gasteiger partial charge in [0.15, 0.2) is 0 Å². The third-order valence-corrected chi connectivity index (χ3v) is 4.68. The SMILES string of the molecule is Cc1ccc(S(=O)N[C@H](CC(=O)OC(C)(C)C)c2ccccc2)cc1. The zero-order valence-corrected chi connectivity index (χ0v) is 15.9. The summed E-state index contributed by atoms with van der Waals surface area (Å²) in [4.78, 5) is 12.9. The number of carbonyl (C=O) groups excluding carboxylic acids is 1. The van der Waals surface area contributed by atoms with Crippen molar-refractivity contribution >= 4 is 17.0 Å². The lowest BCUT2D eigenvalue weighted by molar-refractivity contribution is -0.155. The lowest BCUT2D eigenvalue weighted by Crippen LogP contribution is -2.30. The van der Waals surface area contributed by atoms with E-state index in [1.807, 2.05) is 82.3 Å². The zero-order valence-electron chi connectivity index (χ0n) is 15.1. The Kier molecular flexibility index (Phi) is 6.51. The van der Waals surface area contributed by atoms with Gasteiger partial charge >= 0.3 is 5.97 Å². The highest BCUT2D eigenvalue weighted by molar-refractivity contribution is 7.83. The lowest BCUT2D eigenvalue weighted by Gasteiger charge is -2.23. The van der Waals surface area contributed by atoms with Gasteiger partial charge in [-0.15, -0.1) is 0 Å². The van der Waals surface area contributed by atoms with Crippen molar-refractivity contribution in [1.29, 1.82) is 0 Å². The topological polar surface area (TPSA) is 55.4 Å². The van der Waals surface area contributed by atoms with Crippen LogP contribution in [0.1, 0.15) is 44.4 Å². The fourth-order valence-electron chi connectivity index (χ4n) is 2.32. The molecule has 4 nitrogen and oxygen atoms in total. The van der Waals surface area contributed by atoms with Crippen molar-refractivity contribution in [3.05, 3.63) is 65.7 Å². The summed E-state index contributed by atoms with van der Waals surface area (Å²) in [6.45, 7) is 7.48. The third kappa shape index (κ3) is 6.44. The molecule has 0 radical (unpaired) electrons. The predicted octanol–water partition coefficient (Wildman–Crippen LogP) is 4.08. The molecule has 134 valence electrons. The first kappa shape index (κ1) is 19.3. The van der Waals surface area contributed by atoms with E-state index in [0.717, 1.165) is 11.1 Å². The van der Waals surface area contributed by atoms with Crippen LogP contribution in [0.15, 0.2) is 59.5 Å². The van der Waals surface area contributed by atoms with Gasteiger partial charge in [0.1, 0.15) is 16.6 Å². The summed E-state index contributed by atoms with van der Waals surface area (Å²) in [5, 5.41) is 0. The molecule has 2 aromatic rings. The van der Waals surface area contributed by atoms with Gasteiger partial charge in [0.2, 0.25) is 0 Å². The van der Waals surface area contributed by atoms with Crippen LogP contribution < -0.4 is 4.72 Å². The summed E-state index contributed by atoms with van der Waals surface area (Å²) in [7, 11) is -1.42. The van der Waals surface area contributed by atoms with Crippen molar-refractivity contribution in [3.8, 4) is 0 Å². The van der Waals surface area contributed by atoms with Gasteiger partial charge < -0.3 is 4.74 Å². The zero-order chi connectivity index (χ0) is 18.4. The molecule has 0 aliphatic carbocycles. The summed E-state index contributed by atoms with van der Waals surface area (Å²) in [5.41, 5.74) is 1.46. The summed E-state index contributed by atoms with van der Waals surface area (Å²) in [6.07, 6.45) is 0.110. The number of esters is 1. The van der Waals surface area contributed by atoms with E-state index in [4.69, 9.17) is 4.74 Å². The fraction of sp³-hybridized carbons (Fsp3) is 0.350. The number of benzene rings is 2. The van der Waals surface area contributed by atoms with Gasteiger partial charge in [0.25, 0.3) is 0 Å². The van der Waals surface area contributed by atoms with Crippen molar-refractivity contribution in [2.24, 2.45) is 0 Å². The molecule has 0 amide bonds. The number of hydrogen-bond donors (Lipinski definition) is 1. The summed E-state index contributed by atoms with van der Waals surface area (Å²) < 4.78 is 21.1. The maximum atomic E-state index is 12.7. The van der Waals surface area contributed by atoms with Crippen molar-refractivity contribution in [2.45, 2.75) is 50.7 Å². The number of aryl methyl sites for hydroxylation is 1. The third-order valence-electron chi connectivity index (χ3n) is 3.48. The molecule has 25 heavy (non-hydrogen) atoms. The molecule has 2 rings (SSSR count). The number of rotatable bonds is 6.